The molecule has 0 spiro atoms. The van der Waals surface area contributed by atoms with E-state index in [2.05, 4.69) is 19.1 Å². The summed E-state index contributed by atoms with van der Waals surface area (Å²) in [7, 11) is 0. The van der Waals surface area contributed by atoms with Crippen LogP contribution in [0.1, 0.15) is 22.3 Å². The average Bonchev–Trinajstić information content (AvgIpc) is 1.85. The van der Waals surface area contributed by atoms with Gasteiger partial charge in [-0.2, -0.15) is 0 Å². The van der Waals surface area contributed by atoms with E-state index in [9.17, 15) is 5.11 Å². The zero-order chi connectivity index (χ0) is 8.43. The fourth-order valence-corrected chi connectivity index (χ4v) is 1.44. The minimum Gasteiger partial charge on any atom is -0.232 e. The van der Waals surface area contributed by atoms with Crippen LogP contribution in [0.4, 0.5) is 0 Å². The Morgan fingerprint density at radius 3 is 1.91 bits per heavy atom. The third-order valence-electron chi connectivity index (χ3n) is 1.98. The molecule has 0 aliphatic rings. The second-order valence-electron chi connectivity index (χ2n) is 3.02. The molecule has 0 heterocycles. The third-order valence-corrected chi connectivity index (χ3v) is 1.98. The van der Waals surface area contributed by atoms with Crippen molar-refractivity contribution in [1.29, 1.82) is 0 Å². The molecule has 1 nitrogen and oxygen atoms in total. The van der Waals surface area contributed by atoms with E-state index < -0.39 is 0 Å². The Labute approximate surface area is 67.7 Å². The van der Waals surface area contributed by atoms with Crippen LogP contribution in [0.3, 0.4) is 0 Å². The lowest BCUT2D eigenvalue weighted by Gasteiger charge is -2.06. The van der Waals surface area contributed by atoms with Gasteiger partial charge in [-0.1, -0.05) is 17.7 Å². The van der Waals surface area contributed by atoms with Gasteiger partial charge in [-0.25, -0.2) is 5.11 Å². The summed E-state index contributed by atoms with van der Waals surface area (Å²) in [6.45, 7) is 5.94. The van der Waals surface area contributed by atoms with Gasteiger partial charge in [0.1, 0.15) is 6.61 Å². The topological polar surface area (TPSA) is 19.9 Å². The van der Waals surface area contributed by atoms with E-state index in [-0.39, 0.29) is 6.61 Å². The highest BCUT2D eigenvalue weighted by molar-refractivity contribution is 5.36. The van der Waals surface area contributed by atoms with Gasteiger partial charge in [-0.05, 0) is 37.5 Å². The molecule has 0 aromatic heterocycles. The van der Waals surface area contributed by atoms with Crippen molar-refractivity contribution in [3.8, 4) is 0 Å². The van der Waals surface area contributed by atoms with Gasteiger partial charge in [0, 0.05) is 0 Å². The maximum atomic E-state index is 10.7. The smallest absolute Gasteiger partial charge is 0.108 e. The minimum absolute atomic E-state index is 0.0993. The van der Waals surface area contributed by atoms with Crippen molar-refractivity contribution in [2.75, 3.05) is 0 Å². The summed E-state index contributed by atoms with van der Waals surface area (Å²) < 4.78 is 0. The summed E-state index contributed by atoms with van der Waals surface area (Å²) in [4.78, 5) is 0. The third kappa shape index (κ3) is 1.60. The molecule has 0 saturated heterocycles. The molecule has 1 aromatic carbocycles. The summed E-state index contributed by atoms with van der Waals surface area (Å²) >= 11 is 0. The van der Waals surface area contributed by atoms with Crippen molar-refractivity contribution >= 4 is 0 Å². The van der Waals surface area contributed by atoms with Crippen LogP contribution in [0.25, 0.3) is 0 Å². The van der Waals surface area contributed by atoms with Crippen LogP contribution in [0.5, 0.6) is 0 Å². The van der Waals surface area contributed by atoms with Gasteiger partial charge in [0.25, 0.3) is 0 Å². The van der Waals surface area contributed by atoms with E-state index in [0.29, 0.717) is 0 Å². The summed E-state index contributed by atoms with van der Waals surface area (Å²) in [6.07, 6.45) is 0. The Morgan fingerprint density at radius 2 is 1.55 bits per heavy atom. The zero-order valence-electron chi connectivity index (χ0n) is 7.27. The van der Waals surface area contributed by atoms with Crippen molar-refractivity contribution in [2.24, 2.45) is 0 Å². The molecule has 1 heteroatoms. The maximum Gasteiger partial charge on any atom is 0.108 e. The number of benzene rings is 1. The summed E-state index contributed by atoms with van der Waals surface area (Å²) in [5.41, 5.74) is 4.43. The molecule has 11 heavy (non-hydrogen) atoms. The second kappa shape index (κ2) is 3.05. The predicted octanol–water partition coefficient (Wildman–Crippen LogP) is 2.54. The van der Waals surface area contributed by atoms with E-state index in [0.717, 1.165) is 16.7 Å². The molecule has 0 bridgehead atoms. The van der Waals surface area contributed by atoms with E-state index in [1.807, 2.05) is 13.8 Å². The molecule has 1 radical (unpaired) electrons. The van der Waals surface area contributed by atoms with Crippen molar-refractivity contribution in [2.45, 2.75) is 27.4 Å². The molecule has 0 amide bonds. The molecule has 0 saturated carbocycles. The molecular weight excluding hydrogens is 136 g/mol. The molecule has 0 N–H and O–H groups in total. The van der Waals surface area contributed by atoms with Gasteiger partial charge in [-0.15, -0.1) is 0 Å². The van der Waals surface area contributed by atoms with Crippen LogP contribution in [-0.4, -0.2) is 0 Å². The van der Waals surface area contributed by atoms with Crippen molar-refractivity contribution in [1.82, 2.24) is 0 Å². The SMILES string of the molecule is Cc1cc(C)c(C[O])c(C)c1. The molecule has 1 aromatic rings. The van der Waals surface area contributed by atoms with Crippen LogP contribution in [0, 0.1) is 20.8 Å². The van der Waals surface area contributed by atoms with Gasteiger partial charge >= 0.3 is 0 Å². The molecule has 0 fully saturated rings. The lowest BCUT2D eigenvalue weighted by molar-refractivity contribution is 0.176. The Bertz CT molecular complexity index is 241. The van der Waals surface area contributed by atoms with Crippen LogP contribution in [0.15, 0.2) is 12.1 Å². The standard InChI is InChI=1S/C10H13O/c1-7-4-8(2)10(6-11)9(3)5-7/h4-5H,6H2,1-3H3. The van der Waals surface area contributed by atoms with E-state index in [1.54, 1.807) is 0 Å². The summed E-state index contributed by atoms with van der Waals surface area (Å²) in [6, 6.07) is 4.11. The van der Waals surface area contributed by atoms with Gasteiger partial charge in [0.15, 0.2) is 0 Å². The lowest BCUT2D eigenvalue weighted by atomic mass is 10.0. The Hall–Kier alpha value is -0.820. The summed E-state index contributed by atoms with van der Waals surface area (Å²) in [5.74, 6) is 0. The number of hydrogen-bond donors (Lipinski definition) is 0. The molecule has 0 aliphatic heterocycles. The minimum atomic E-state index is -0.0993. The number of aryl methyl sites for hydroxylation is 3. The first-order valence-electron chi connectivity index (χ1n) is 3.80. The van der Waals surface area contributed by atoms with Crippen LogP contribution in [-0.2, 0) is 11.7 Å². The Morgan fingerprint density at radius 1 is 1.09 bits per heavy atom. The van der Waals surface area contributed by atoms with Crippen molar-refractivity contribution in [3.05, 3.63) is 34.4 Å². The lowest BCUT2D eigenvalue weighted by Crippen LogP contribution is -1.92. The fourth-order valence-electron chi connectivity index (χ4n) is 1.44. The van der Waals surface area contributed by atoms with Gasteiger partial charge in [-0.3, -0.25) is 0 Å². The van der Waals surface area contributed by atoms with Gasteiger partial charge in [0.2, 0.25) is 0 Å². The van der Waals surface area contributed by atoms with Crippen molar-refractivity contribution < 1.29 is 5.11 Å². The molecule has 0 unspecified atom stereocenters. The van der Waals surface area contributed by atoms with Crippen LogP contribution in [0.2, 0.25) is 0 Å². The Balaban J connectivity index is 3.25. The molecular formula is C10H13O. The van der Waals surface area contributed by atoms with E-state index in [4.69, 9.17) is 0 Å². The first-order valence-corrected chi connectivity index (χ1v) is 3.80. The van der Waals surface area contributed by atoms with Gasteiger partial charge < -0.3 is 0 Å². The van der Waals surface area contributed by atoms with Crippen LogP contribution < -0.4 is 0 Å². The number of hydrogen-bond acceptors (Lipinski definition) is 0. The monoisotopic (exact) mass is 149 g/mol. The van der Waals surface area contributed by atoms with E-state index in [1.165, 1.54) is 5.56 Å². The zero-order valence-corrected chi connectivity index (χ0v) is 7.27. The first kappa shape index (κ1) is 8.28. The molecule has 0 atom stereocenters. The van der Waals surface area contributed by atoms with E-state index >= 15 is 0 Å². The highest BCUT2D eigenvalue weighted by Gasteiger charge is 2.01. The fraction of sp³-hybridized carbons (Fsp3) is 0.400. The first-order chi connectivity index (χ1) is 5.15. The molecule has 59 valence electrons. The van der Waals surface area contributed by atoms with Crippen LogP contribution >= 0.6 is 0 Å². The maximum absolute atomic E-state index is 10.7. The highest BCUT2D eigenvalue weighted by atomic mass is 16.3. The average molecular weight is 149 g/mol. The van der Waals surface area contributed by atoms with Gasteiger partial charge in [0.05, 0.1) is 0 Å². The summed E-state index contributed by atoms with van der Waals surface area (Å²) in [5, 5.41) is 10.7. The predicted molar refractivity (Wildman–Crippen MR) is 45.0 cm³/mol. The number of rotatable bonds is 1. The largest absolute Gasteiger partial charge is 0.232 e. The normalized spacial score (nSPS) is 10.2. The Kier molecular flexibility index (Phi) is 2.30. The second-order valence-corrected chi connectivity index (χ2v) is 3.02. The molecule has 0 aliphatic carbocycles. The highest BCUT2D eigenvalue weighted by Crippen LogP contribution is 2.15. The quantitative estimate of drug-likeness (QED) is 0.584. The van der Waals surface area contributed by atoms with Crippen molar-refractivity contribution in [3.63, 3.8) is 0 Å². The molecule has 1 rings (SSSR count).